The molecule has 1 heterocycles. The van der Waals surface area contributed by atoms with Gasteiger partial charge in [0.1, 0.15) is 11.4 Å². The number of amides is 1. The molecule has 0 spiro atoms. The van der Waals surface area contributed by atoms with Crippen molar-refractivity contribution in [3.63, 3.8) is 0 Å². The number of hydrogen-bond donors (Lipinski definition) is 0. The first-order chi connectivity index (χ1) is 8.68. The van der Waals surface area contributed by atoms with Crippen molar-refractivity contribution in [1.82, 2.24) is 0 Å². The molecular formula is C14H20NO3P. The van der Waals surface area contributed by atoms with Crippen LogP contribution in [0.2, 0.25) is 0 Å². The van der Waals surface area contributed by atoms with Crippen molar-refractivity contribution in [2.24, 2.45) is 0 Å². The zero-order valence-electron chi connectivity index (χ0n) is 11.8. The standard InChI is InChI=1S/C14H20NO3P/c1-14(2)10-15(13(16)9-19(3,4)17)11-7-5-6-8-12(11)18-14/h5-8H,9-10H2,1-4H3. The van der Waals surface area contributed by atoms with Crippen molar-refractivity contribution in [2.45, 2.75) is 19.4 Å². The van der Waals surface area contributed by atoms with Crippen LogP contribution in [0.4, 0.5) is 5.69 Å². The molecule has 0 unspecified atom stereocenters. The van der Waals surface area contributed by atoms with Crippen LogP contribution in [0, 0.1) is 0 Å². The number of hydrogen-bond acceptors (Lipinski definition) is 3. The minimum absolute atomic E-state index is 0.0947. The summed E-state index contributed by atoms with van der Waals surface area (Å²) < 4.78 is 17.7. The fourth-order valence-corrected chi connectivity index (χ4v) is 3.02. The number of nitrogens with zero attached hydrogens (tertiary/aromatic N) is 1. The summed E-state index contributed by atoms with van der Waals surface area (Å²) >= 11 is 0. The third-order valence-corrected chi connectivity index (χ3v) is 3.93. The molecule has 1 amide bonds. The SMILES string of the molecule is CC1(C)CN(C(=O)CP(C)(C)=O)c2ccccc2O1. The van der Waals surface area contributed by atoms with Crippen LogP contribution in [-0.2, 0) is 9.36 Å². The van der Waals surface area contributed by atoms with Crippen molar-refractivity contribution < 1.29 is 14.1 Å². The van der Waals surface area contributed by atoms with Crippen LogP contribution in [-0.4, -0.2) is 37.5 Å². The lowest BCUT2D eigenvalue weighted by Gasteiger charge is -2.39. The average molecular weight is 281 g/mol. The van der Waals surface area contributed by atoms with Gasteiger partial charge < -0.3 is 14.2 Å². The highest BCUT2D eigenvalue weighted by Gasteiger charge is 2.35. The summed E-state index contributed by atoms with van der Waals surface area (Å²) in [5.41, 5.74) is 0.329. The van der Waals surface area contributed by atoms with Crippen molar-refractivity contribution in [1.29, 1.82) is 0 Å². The number of fused-ring (bicyclic) bond motifs is 1. The van der Waals surface area contributed by atoms with Gasteiger partial charge in [0.05, 0.1) is 25.5 Å². The monoisotopic (exact) mass is 281 g/mol. The van der Waals surface area contributed by atoms with Gasteiger partial charge in [-0.1, -0.05) is 12.1 Å². The van der Waals surface area contributed by atoms with Crippen molar-refractivity contribution in [2.75, 3.05) is 30.9 Å². The maximum atomic E-state index is 12.4. The predicted octanol–water partition coefficient (Wildman–Crippen LogP) is 2.81. The van der Waals surface area contributed by atoms with Gasteiger partial charge in [0, 0.05) is 0 Å². The molecule has 0 atom stereocenters. The van der Waals surface area contributed by atoms with Gasteiger partial charge in [-0.15, -0.1) is 0 Å². The molecule has 0 aliphatic carbocycles. The van der Waals surface area contributed by atoms with E-state index in [4.69, 9.17) is 4.74 Å². The highest BCUT2D eigenvalue weighted by molar-refractivity contribution is 7.63. The molecule has 5 heteroatoms. The molecule has 0 saturated carbocycles. The number of rotatable bonds is 2. The number of ether oxygens (including phenoxy) is 1. The Kier molecular flexibility index (Phi) is 3.48. The van der Waals surface area contributed by atoms with Crippen LogP contribution in [0.15, 0.2) is 24.3 Å². The Morgan fingerprint density at radius 1 is 1.37 bits per heavy atom. The summed E-state index contributed by atoms with van der Waals surface area (Å²) in [7, 11) is -2.37. The van der Waals surface area contributed by atoms with Gasteiger partial charge in [0.2, 0.25) is 5.91 Å². The van der Waals surface area contributed by atoms with E-state index in [9.17, 15) is 9.36 Å². The fourth-order valence-electron chi connectivity index (χ4n) is 2.20. The molecule has 0 saturated heterocycles. The Labute approximate surface area is 114 Å². The van der Waals surface area contributed by atoms with Crippen LogP contribution in [0.1, 0.15) is 13.8 Å². The quantitative estimate of drug-likeness (QED) is 0.783. The molecule has 19 heavy (non-hydrogen) atoms. The van der Waals surface area contributed by atoms with Crippen LogP contribution in [0.25, 0.3) is 0 Å². The zero-order chi connectivity index (χ0) is 14.3. The maximum absolute atomic E-state index is 12.4. The van der Waals surface area contributed by atoms with Crippen LogP contribution in [0.5, 0.6) is 5.75 Å². The lowest BCUT2D eigenvalue weighted by molar-refractivity contribution is -0.117. The minimum Gasteiger partial charge on any atom is -0.484 e. The second-order valence-electron chi connectivity index (χ2n) is 6.04. The van der Waals surface area contributed by atoms with E-state index in [0.717, 1.165) is 5.69 Å². The molecule has 1 aromatic rings. The summed E-state index contributed by atoms with van der Waals surface area (Å²) in [6.45, 7) is 7.65. The minimum atomic E-state index is -2.37. The topological polar surface area (TPSA) is 46.6 Å². The van der Waals surface area contributed by atoms with E-state index in [2.05, 4.69) is 0 Å². The molecule has 0 bridgehead atoms. The Bertz CT molecular complexity index is 547. The normalized spacial score (nSPS) is 17.6. The third kappa shape index (κ3) is 3.38. The van der Waals surface area contributed by atoms with Crippen LogP contribution >= 0.6 is 7.14 Å². The van der Waals surface area contributed by atoms with Crippen molar-refractivity contribution in [3.8, 4) is 5.75 Å². The molecule has 4 nitrogen and oxygen atoms in total. The van der Waals surface area contributed by atoms with E-state index in [0.29, 0.717) is 12.3 Å². The number of benzene rings is 1. The second-order valence-corrected chi connectivity index (χ2v) is 9.51. The smallest absolute Gasteiger partial charge is 0.234 e. The summed E-state index contributed by atoms with van der Waals surface area (Å²) in [6.07, 6.45) is 0.0947. The third-order valence-electron chi connectivity index (χ3n) is 2.90. The molecular weight excluding hydrogens is 261 g/mol. The molecule has 0 fully saturated rings. The van der Waals surface area contributed by atoms with Crippen LogP contribution in [0.3, 0.4) is 0 Å². The number of carbonyl (C=O) groups excluding carboxylic acids is 1. The first kappa shape index (κ1) is 14.1. The number of anilines is 1. The van der Waals surface area contributed by atoms with E-state index in [-0.39, 0.29) is 12.1 Å². The number of carbonyl (C=O) groups is 1. The molecule has 1 aromatic carbocycles. The molecule has 0 aromatic heterocycles. The highest BCUT2D eigenvalue weighted by Crippen LogP contribution is 2.40. The van der Waals surface area contributed by atoms with Gasteiger partial charge in [-0.2, -0.15) is 0 Å². The van der Waals surface area contributed by atoms with E-state index in [1.165, 1.54) is 0 Å². The van der Waals surface area contributed by atoms with Gasteiger partial charge >= 0.3 is 0 Å². The second kappa shape index (κ2) is 4.68. The molecule has 0 N–H and O–H groups in total. The molecule has 104 valence electrons. The average Bonchev–Trinajstić information content (AvgIpc) is 2.24. The van der Waals surface area contributed by atoms with E-state index >= 15 is 0 Å². The maximum Gasteiger partial charge on any atom is 0.234 e. The van der Waals surface area contributed by atoms with Gasteiger partial charge in [-0.25, -0.2) is 0 Å². The molecule has 1 aliphatic rings. The lowest BCUT2D eigenvalue weighted by Crippen LogP contribution is -2.50. The van der Waals surface area contributed by atoms with Crippen LogP contribution < -0.4 is 9.64 Å². The van der Waals surface area contributed by atoms with E-state index < -0.39 is 12.7 Å². The Balaban J connectivity index is 2.35. The Hall–Kier alpha value is -1.28. The molecule has 2 rings (SSSR count). The summed E-state index contributed by atoms with van der Waals surface area (Å²) in [5.74, 6) is 0.603. The van der Waals surface area contributed by atoms with Gasteiger partial charge in [-0.3, -0.25) is 4.79 Å². The Morgan fingerprint density at radius 2 is 2.00 bits per heavy atom. The first-order valence-corrected chi connectivity index (χ1v) is 9.09. The summed E-state index contributed by atoms with van der Waals surface area (Å²) in [5, 5.41) is 0. The van der Waals surface area contributed by atoms with Gasteiger partial charge in [-0.05, 0) is 39.3 Å². The van der Waals surface area contributed by atoms with Crippen molar-refractivity contribution in [3.05, 3.63) is 24.3 Å². The van der Waals surface area contributed by atoms with E-state index in [1.54, 1.807) is 18.2 Å². The van der Waals surface area contributed by atoms with Crippen molar-refractivity contribution >= 4 is 18.7 Å². The fraction of sp³-hybridized carbons (Fsp3) is 0.500. The molecule has 1 aliphatic heterocycles. The van der Waals surface area contributed by atoms with Gasteiger partial charge in [0.25, 0.3) is 0 Å². The summed E-state index contributed by atoms with van der Waals surface area (Å²) in [6, 6.07) is 7.47. The molecule has 0 radical (unpaired) electrons. The van der Waals surface area contributed by atoms with E-state index in [1.807, 2.05) is 38.1 Å². The summed E-state index contributed by atoms with van der Waals surface area (Å²) in [4.78, 5) is 14.1. The first-order valence-electron chi connectivity index (χ1n) is 6.30. The predicted molar refractivity (Wildman–Crippen MR) is 77.8 cm³/mol. The highest BCUT2D eigenvalue weighted by atomic mass is 31.2. The number of para-hydroxylation sites is 2. The largest absolute Gasteiger partial charge is 0.484 e. The Morgan fingerprint density at radius 3 is 2.63 bits per heavy atom. The lowest BCUT2D eigenvalue weighted by atomic mass is 10.1. The van der Waals surface area contributed by atoms with Gasteiger partial charge in [0.15, 0.2) is 0 Å². The zero-order valence-corrected chi connectivity index (χ0v) is 12.7.